The van der Waals surface area contributed by atoms with Crippen LogP contribution < -0.4 is 20.7 Å². The fraction of sp³-hybridized carbons (Fsp3) is 0.500. The quantitative estimate of drug-likeness (QED) is 0.654. The van der Waals surface area contributed by atoms with Crippen molar-refractivity contribution in [1.82, 2.24) is 14.9 Å². The van der Waals surface area contributed by atoms with Gasteiger partial charge in [-0.3, -0.25) is 4.90 Å². The van der Waals surface area contributed by atoms with E-state index in [2.05, 4.69) is 58.0 Å². The second-order valence-corrected chi connectivity index (χ2v) is 8.51. The third-order valence-electron chi connectivity index (χ3n) is 6.20. The number of hydrogen-bond acceptors (Lipinski definition) is 7. The van der Waals surface area contributed by atoms with Crippen molar-refractivity contribution in [3.8, 4) is 6.01 Å². The van der Waals surface area contributed by atoms with Gasteiger partial charge in [0.1, 0.15) is 11.5 Å². The van der Waals surface area contributed by atoms with Gasteiger partial charge in [0.2, 0.25) is 0 Å². The highest BCUT2D eigenvalue weighted by atomic mass is 16.5. The molecule has 0 unspecified atom stereocenters. The van der Waals surface area contributed by atoms with Crippen LogP contribution in [0.25, 0.3) is 0 Å². The molecule has 1 aromatic carbocycles. The molecular weight excluding hydrogens is 388 g/mol. The number of anilines is 3. The van der Waals surface area contributed by atoms with E-state index in [0.29, 0.717) is 36.5 Å². The van der Waals surface area contributed by atoms with Gasteiger partial charge in [-0.05, 0) is 49.9 Å². The molecule has 166 valence electrons. The van der Waals surface area contributed by atoms with Crippen LogP contribution in [0.3, 0.4) is 0 Å². The maximum Gasteiger partial charge on any atom is 0.320 e. The molecule has 7 heteroatoms. The van der Waals surface area contributed by atoms with Crippen LogP contribution in [0, 0.1) is 5.92 Å². The van der Waals surface area contributed by atoms with Gasteiger partial charge in [-0.15, -0.1) is 0 Å². The summed E-state index contributed by atoms with van der Waals surface area (Å²) in [6, 6.07) is 9.15. The smallest absolute Gasteiger partial charge is 0.320 e. The van der Waals surface area contributed by atoms with Crippen molar-refractivity contribution in [2.75, 3.05) is 35.6 Å². The molecule has 0 aliphatic carbocycles. The van der Waals surface area contributed by atoms with Crippen molar-refractivity contribution in [2.45, 2.75) is 52.6 Å². The number of rotatable bonds is 8. The summed E-state index contributed by atoms with van der Waals surface area (Å²) in [6.07, 6.45) is 5.36. The largest absolute Gasteiger partial charge is 0.464 e. The lowest BCUT2D eigenvalue weighted by atomic mass is 9.92. The van der Waals surface area contributed by atoms with Crippen LogP contribution in [0.4, 0.5) is 17.3 Å². The number of nitrogens with zero attached hydrogens (tertiary/aromatic N) is 4. The van der Waals surface area contributed by atoms with Crippen molar-refractivity contribution in [2.24, 2.45) is 5.92 Å². The summed E-state index contributed by atoms with van der Waals surface area (Å²) >= 11 is 0. The molecule has 0 amide bonds. The average molecular weight is 423 g/mol. The topological polar surface area (TPSA) is 79.5 Å². The van der Waals surface area contributed by atoms with Crippen LogP contribution in [-0.4, -0.2) is 34.6 Å². The monoisotopic (exact) mass is 422 g/mol. The molecule has 7 nitrogen and oxygen atoms in total. The summed E-state index contributed by atoms with van der Waals surface area (Å²) in [5, 5.41) is 3.20. The third kappa shape index (κ3) is 4.93. The van der Waals surface area contributed by atoms with Crippen LogP contribution in [-0.2, 0) is 13.1 Å². The fourth-order valence-corrected chi connectivity index (χ4v) is 4.50. The zero-order valence-corrected chi connectivity index (χ0v) is 18.7. The van der Waals surface area contributed by atoms with Gasteiger partial charge in [0.05, 0.1) is 13.2 Å². The minimum Gasteiger partial charge on any atom is -0.464 e. The number of aromatic nitrogens is 2. The van der Waals surface area contributed by atoms with Crippen molar-refractivity contribution in [3.05, 3.63) is 47.8 Å². The standard InChI is InChI=1S/C24H34N6O/c1-4-6-18-11-13-29(14-12-18)15-19-7-9-20(10-8-19)16-30-17(3)26-21-22(25)27-24(31-5-2)28-23(21)30/h7-10,18,26H,3-6,11-16H2,1-2H3,(H2,25,27,28). The second-order valence-electron chi connectivity index (χ2n) is 8.51. The summed E-state index contributed by atoms with van der Waals surface area (Å²) < 4.78 is 5.46. The molecule has 3 N–H and O–H groups in total. The molecule has 4 rings (SSSR count). The van der Waals surface area contributed by atoms with Crippen LogP contribution in [0.1, 0.15) is 50.7 Å². The first kappa shape index (κ1) is 21.4. The lowest BCUT2D eigenvalue weighted by Gasteiger charge is -2.31. The molecule has 0 atom stereocenters. The first-order valence-electron chi connectivity index (χ1n) is 11.4. The maximum atomic E-state index is 6.09. The predicted octanol–water partition coefficient (Wildman–Crippen LogP) is 4.37. The molecule has 2 aliphatic rings. The van der Waals surface area contributed by atoms with E-state index in [0.717, 1.165) is 18.3 Å². The number of fused-ring (bicyclic) bond motifs is 1. The summed E-state index contributed by atoms with van der Waals surface area (Å²) in [5.74, 6) is 2.74. The number of nitrogen functional groups attached to an aromatic ring is 1. The van der Waals surface area contributed by atoms with Crippen molar-refractivity contribution >= 4 is 17.3 Å². The Bertz CT molecular complexity index is 905. The molecule has 2 aromatic rings. The lowest BCUT2D eigenvalue weighted by molar-refractivity contribution is 0.172. The Morgan fingerprint density at radius 3 is 2.42 bits per heavy atom. The molecule has 2 aliphatic heterocycles. The van der Waals surface area contributed by atoms with E-state index in [1.54, 1.807) is 0 Å². The van der Waals surface area contributed by atoms with Crippen LogP contribution in [0.5, 0.6) is 6.01 Å². The number of piperidine rings is 1. The molecule has 31 heavy (non-hydrogen) atoms. The van der Waals surface area contributed by atoms with Crippen LogP contribution in [0.2, 0.25) is 0 Å². The number of likely N-dealkylation sites (tertiary alicyclic amines) is 1. The van der Waals surface area contributed by atoms with Crippen molar-refractivity contribution in [3.63, 3.8) is 0 Å². The Morgan fingerprint density at radius 1 is 1.10 bits per heavy atom. The van der Waals surface area contributed by atoms with Gasteiger partial charge < -0.3 is 20.7 Å². The van der Waals surface area contributed by atoms with Gasteiger partial charge in [0.25, 0.3) is 0 Å². The molecule has 1 fully saturated rings. The van der Waals surface area contributed by atoms with Gasteiger partial charge in [0.15, 0.2) is 11.6 Å². The van der Waals surface area contributed by atoms with Gasteiger partial charge in [-0.1, -0.05) is 50.6 Å². The molecule has 3 heterocycles. The number of nitrogens with two attached hydrogens (primary N) is 1. The highest BCUT2D eigenvalue weighted by Crippen LogP contribution is 2.39. The van der Waals surface area contributed by atoms with E-state index in [1.165, 1.54) is 49.9 Å². The van der Waals surface area contributed by atoms with Crippen molar-refractivity contribution < 1.29 is 4.74 Å². The Kier molecular flexibility index (Phi) is 6.61. The summed E-state index contributed by atoms with van der Waals surface area (Å²) in [5.41, 5.74) is 9.33. The zero-order chi connectivity index (χ0) is 21.8. The van der Waals surface area contributed by atoms with E-state index in [9.17, 15) is 0 Å². The number of ether oxygens (including phenoxy) is 1. The molecule has 0 saturated carbocycles. The van der Waals surface area contributed by atoms with E-state index in [1.807, 2.05) is 11.8 Å². The maximum absolute atomic E-state index is 6.09. The molecular formula is C24H34N6O. The first-order chi connectivity index (χ1) is 15.1. The normalized spacial score (nSPS) is 17.0. The lowest BCUT2D eigenvalue weighted by Crippen LogP contribution is -2.33. The van der Waals surface area contributed by atoms with Crippen LogP contribution in [0.15, 0.2) is 36.7 Å². The second kappa shape index (κ2) is 9.56. The highest BCUT2D eigenvalue weighted by Gasteiger charge is 2.28. The van der Waals surface area contributed by atoms with E-state index >= 15 is 0 Å². The van der Waals surface area contributed by atoms with Gasteiger partial charge in [0, 0.05) is 6.54 Å². The molecule has 0 bridgehead atoms. The average Bonchev–Trinajstić information content (AvgIpc) is 3.07. The van der Waals surface area contributed by atoms with Crippen LogP contribution >= 0.6 is 0 Å². The highest BCUT2D eigenvalue weighted by molar-refractivity contribution is 5.85. The Balaban J connectivity index is 1.39. The molecule has 0 radical (unpaired) electrons. The predicted molar refractivity (Wildman–Crippen MR) is 126 cm³/mol. The Morgan fingerprint density at radius 2 is 1.77 bits per heavy atom. The Labute approximate surface area is 185 Å². The molecule has 0 spiro atoms. The third-order valence-corrected chi connectivity index (χ3v) is 6.20. The number of nitrogens with one attached hydrogen (secondary N) is 1. The zero-order valence-electron chi connectivity index (χ0n) is 18.7. The SMILES string of the molecule is C=C1Nc2c(N)nc(OCC)nc2N1Cc1ccc(CN2CCC(CCC)CC2)cc1. The van der Waals surface area contributed by atoms with Crippen molar-refractivity contribution in [1.29, 1.82) is 0 Å². The minimum atomic E-state index is 0.290. The van der Waals surface area contributed by atoms with E-state index in [4.69, 9.17) is 10.5 Å². The van der Waals surface area contributed by atoms with E-state index in [-0.39, 0.29) is 0 Å². The Hall–Kier alpha value is -2.80. The molecule has 1 aromatic heterocycles. The summed E-state index contributed by atoms with van der Waals surface area (Å²) in [7, 11) is 0. The number of hydrogen-bond donors (Lipinski definition) is 2. The van der Waals surface area contributed by atoms with Gasteiger partial charge >= 0.3 is 6.01 Å². The summed E-state index contributed by atoms with van der Waals surface area (Å²) in [4.78, 5) is 13.3. The first-order valence-corrected chi connectivity index (χ1v) is 11.4. The van der Waals surface area contributed by atoms with Gasteiger partial charge in [-0.2, -0.15) is 9.97 Å². The number of benzene rings is 1. The van der Waals surface area contributed by atoms with E-state index < -0.39 is 0 Å². The fourth-order valence-electron chi connectivity index (χ4n) is 4.50. The van der Waals surface area contributed by atoms with Gasteiger partial charge in [-0.25, -0.2) is 0 Å². The molecule has 1 saturated heterocycles. The summed E-state index contributed by atoms with van der Waals surface area (Å²) in [6.45, 7) is 12.9. The minimum absolute atomic E-state index is 0.290.